The van der Waals surface area contributed by atoms with Crippen LogP contribution < -0.4 is 20.7 Å². The molecule has 0 unspecified atom stereocenters. The SMILES string of the molecule is COc1ccc(F)c2c1cc(C#N)n2CCNc1cc(-c2ccc3c(c2)CNC(=O)N3)ncn1. The lowest BCUT2D eigenvalue weighted by molar-refractivity contribution is 0.251. The van der Waals surface area contributed by atoms with Crippen LogP contribution in [0.15, 0.2) is 48.8 Å². The second kappa shape index (κ2) is 8.71. The van der Waals surface area contributed by atoms with Gasteiger partial charge in [-0.15, -0.1) is 0 Å². The number of rotatable bonds is 6. The van der Waals surface area contributed by atoms with Gasteiger partial charge in [0.15, 0.2) is 0 Å². The summed E-state index contributed by atoms with van der Waals surface area (Å²) in [4.78, 5) is 20.1. The molecule has 2 amide bonds. The zero-order chi connectivity index (χ0) is 23.7. The van der Waals surface area contributed by atoms with Gasteiger partial charge >= 0.3 is 6.03 Å². The minimum atomic E-state index is -0.417. The quantitative estimate of drug-likeness (QED) is 0.405. The largest absolute Gasteiger partial charge is 0.496 e. The van der Waals surface area contributed by atoms with Gasteiger partial charge in [-0.3, -0.25) is 0 Å². The Balaban J connectivity index is 1.35. The molecule has 4 aromatic rings. The predicted molar refractivity (Wildman–Crippen MR) is 125 cm³/mol. The Morgan fingerprint density at radius 3 is 2.94 bits per heavy atom. The Labute approximate surface area is 194 Å². The van der Waals surface area contributed by atoms with Gasteiger partial charge in [-0.25, -0.2) is 19.2 Å². The highest BCUT2D eigenvalue weighted by atomic mass is 19.1. The first-order chi connectivity index (χ1) is 16.6. The third kappa shape index (κ3) is 3.84. The highest BCUT2D eigenvalue weighted by Crippen LogP contribution is 2.31. The van der Waals surface area contributed by atoms with Gasteiger partial charge in [0.05, 0.1) is 18.3 Å². The third-order valence-corrected chi connectivity index (χ3v) is 5.70. The average molecular weight is 457 g/mol. The van der Waals surface area contributed by atoms with Gasteiger partial charge in [-0.2, -0.15) is 5.26 Å². The van der Waals surface area contributed by atoms with Crippen LogP contribution in [0.25, 0.3) is 22.2 Å². The van der Waals surface area contributed by atoms with Crippen LogP contribution in [-0.2, 0) is 13.1 Å². The van der Waals surface area contributed by atoms with Gasteiger partial charge in [0.25, 0.3) is 0 Å². The second-order valence-electron chi connectivity index (χ2n) is 7.70. The van der Waals surface area contributed by atoms with Crippen LogP contribution in [0.1, 0.15) is 11.3 Å². The van der Waals surface area contributed by atoms with Crippen molar-refractivity contribution < 1.29 is 13.9 Å². The number of hydrogen-bond acceptors (Lipinski definition) is 6. The monoisotopic (exact) mass is 457 g/mol. The van der Waals surface area contributed by atoms with Gasteiger partial charge < -0.3 is 25.3 Å². The highest BCUT2D eigenvalue weighted by molar-refractivity contribution is 5.92. The average Bonchev–Trinajstić information content (AvgIpc) is 3.23. The lowest BCUT2D eigenvalue weighted by atomic mass is 10.0. The van der Waals surface area contributed by atoms with Gasteiger partial charge in [0.1, 0.15) is 35.5 Å². The molecule has 3 N–H and O–H groups in total. The number of ether oxygens (including phenoxy) is 1. The van der Waals surface area contributed by atoms with Gasteiger partial charge in [-0.1, -0.05) is 6.07 Å². The third-order valence-electron chi connectivity index (χ3n) is 5.70. The summed E-state index contributed by atoms with van der Waals surface area (Å²) in [5, 5.41) is 18.8. The van der Waals surface area contributed by atoms with E-state index in [0.29, 0.717) is 47.8 Å². The first-order valence-corrected chi connectivity index (χ1v) is 10.6. The summed E-state index contributed by atoms with van der Waals surface area (Å²) in [6.07, 6.45) is 1.47. The number of nitriles is 1. The van der Waals surface area contributed by atoms with Crippen LogP contribution in [0.4, 0.5) is 20.7 Å². The van der Waals surface area contributed by atoms with E-state index in [2.05, 4.69) is 32.0 Å². The van der Waals surface area contributed by atoms with E-state index in [9.17, 15) is 14.4 Å². The molecule has 0 aliphatic carbocycles. The lowest BCUT2D eigenvalue weighted by Crippen LogP contribution is -2.33. The molecule has 5 rings (SSSR count). The topological polar surface area (TPSA) is 117 Å². The van der Waals surface area contributed by atoms with E-state index in [0.717, 1.165) is 22.5 Å². The molecule has 1 aliphatic rings. The van der Waals surface area contributed by atoms with Crippen molar-refractivity contribution in [1.82, 2.24) is 19.9 Å². The van der Waals surface area contributed by atoms with Crippen LogP contribution in [0.2, 0.25) is 0 Å². The smallest absolute Gasteiger partial charge is 0.319 e. The fraction of sp³-hybridized carbons (Fsp3) is 0.167. The molecule has 0 radical (unpaired) electrons. The van der Waals surface area contributed by atoms with Crippen LogP contribution >= 0.6 is 0 Å². The molecule has 9 nitrogen and oxygen atoms in total. The number of methoxy groups -OCH3 is 1. The number of aromatic nitrogens is 3. The molecular formula is C24H20FN7O2. The molecule has 0 saturated heterocycles. The molecule has 0 saturated carbocycles. The van der Waals surface area contributed by atoms with Crippen molar-refractivity contribution in [2.45, 2.75) is 13.1 Å². The lowest BCUT2D eigenvalue weighted by Gasteiger charge is -2.19. The summed E-state index contributed by atoms with van der Waals surface area (Å²) in [5.41, 5.74) is 4.02. The van der Waals surface area contributed by atoms with Crippen molar-refractivity contribution in [3.63, 3.8) is 0 Å². The number of hydrogen-bond donors (Lipinski definition) is 3. The maximum atomic E-state index is 14.6. The molecule has 2 aromatic heterocycles. The van der Waals surface area contributed by atoms with E-state index in [1.54, 1.807) is 16.7 Å². The number of urea groups is 1. The summed E-state index contributed by atoms with van der Waals surface area (Å²) >= 11 is 0. The number of nitrogens with zero attached hydrogens (tertiary/aromatic N) is 4. The summed E-state index contributed by atoms with van der Waals surface area (Å²) in [6, 6.07) is 13.9. The molecule has 3 heterocycles. The van der Waals surface area contributed by atoms with Crippen molar-refractivity contribution in [3.8, 4) is 23.1 Å². The van der Waals surface area contributed by atoms with Crippen LogP contribution in [0, 0.1) is 17.1 Å². The summed E-state index contributed by atoms with van der Waals surface area (Å²) in [5.74, 6) is 0.696. The van der Waals surface area contributed by atoms with Gasteiger partial charge in [-0.05, 0) is 35.9 Å². The molecule has 170 valence electrons. The molecule has 2 aromatic carbocycles. The van der Waals surface area contributed by atoms with Crippen LogP contribution in [0.5, 0.6) is 5.75 Å². The number of benzene rings is 2. The zero-order valence-electron chi connectivity index (χ0n) is 18.2. The number of halogens is 1. The fourth-order valence-electron chi connectivity index (χ4n) is 4.09. The maximum absolute atomic E-state index is 14.6. The number of carbonyl (C=O) groups excluding carboxylic acids is 1. The molecule has 0 fully saturated rings. The van der Waals surface area contributed by atoms with Gasteiger partial charge in [0.2, 0.25) is 0 Å². The van der Waals surface area contributed by atoms with E-state index < -0.39 is 5.82 Å². The van der Waals surface area contributed by atoms with E-state index in [1.807, 2.05) is 24.3 Å². The Morgan fingerprint density at radius 1 is 1.24 bits per heavy atom. The maximum Gasteiger partial charge on any atom is 0.319 e. The standard InChI is InChI=1S/C24H20FN7O2/c1-34-21-5-3-18(25)23-17(21)9-16(11-26)32(23)7-6-27-22-10-20(29-13-30-22)14-2-4-19-15(8-14)12-28-24(33)31-19/h2-5,8-10,13H,6-7,12H2,1H3,(H,27,29,30)(H2,28,31,33). The highest BCUT2D eigenvalue weighted by Gasteiger charge is 2.17. The second-order valence-corrected chi connectivity index (χ2v) is 7.70. The van der Waals surface area contributed by atoms with Gasteiger partial charge in [0, 0.05) is 42.3 Å². The van der Waals surface area contributed by atoms with Crippen molar-refractivity contribution in [2.24, 2.45) is 0 Å². The van der Waals surface area contributed by atoms with E-state index >= 15 is 0 Å². The Bertz CT molecular complexity index is 1460. The van der Waals surface area contributed by atoms with Crippen molar-refractivity contribution >= 4 is 28.4 Å². The predicted octanol–water partition coefficient (Wildman–Crippen LogP) is 3.86. The molecule has 34 heavy (non-hydrogen) atoms. The zero-order valence-corrected chi connectivity index (χ0v) is 18.2. The molecular weight excluding hydrogens is 437 g/mol. The van der Waals surface area contributed by atoms with E-state index in [-0.39, 0.29) is 6.03 Å². The Hall–Kier alpha value is -4.65. The number of anilines is 2. The van der Waals surface area contributed by atoms with Crippen LogP contribution in [-0.4, -0.2) is 34.2 Å². The van der Waals surface area contributed by atoms with Crippen molar-refractivity contribution in [3.05, 3.63) is 65.9 Å². The van der Waals surface area contributed by atoms with Crippen LogP contribution in [0.3, 0.4) is 0 Å². The summed E-state index contributed by atoms with van der Waals surface area (Å²) in [6.45, 7) is 1.20. The minimum absolute atomic E-state index is 0.220. The fourth-order valence-corrected chi connectivity index (χ4v) is 4.09. The van der Waals surface area contributed by atoms with Crippen molar-refractivity contribution in [1.29, 1.82) is 5.26 Å². The summed E-state index contributed by atoms with van der Waals surface area (Å²) in [7, 11) is 1.51. The Morgan fingerprint density at radius 2 is 2.12 bits per heavy atom. The first kappa shape index (κ1) is 21.2. The Kier molecular flexibility index (Phi) is 5.43. The van der Waals surface area contributed by atoms with Crippen molar-refractivity contribution in [2.75, 3.05) is 24.3 Å². The molecule has 10 heteroatoms. The van der Waals surface area contributed by atoms with E-state index in [4.69, 9.17) is 4.74 Å². The number of nitrogens with one attached hydrogen (secondary N) is 3. The normalized spacial score (nSPS) is 12.4. The minimum Gasteiger partial charge on any atom is -0.496 e. The first-order valence-electron chi connectivity index (χ1n) is 10.6. The number of fused-ring (bicyclic) bond motifs is 2. The summed E-state index contributed by atoms with van der Waals surface area (Å²) < 4.78 is 21.5. The molecule has 0 spiro atoms. The number of carbonyl (C=O) groups is 1. The molecule has 0 bridgehead atoms. The van der Waals surface area contributed by atoms with E-state index in [1.165, 1.54) is 19.5 Å². The molecule has 1 aliphatic heterocycles. The number of amides is 2. The molecule has 0 atom stereocenters.